The topological polar surface area (TPSA) is 66.6 Å². The molecule has 0 fully saturated rings. The Kier molecular flexibility index (Phi) is 4.34. The second-order valence-electron chi connectivity index (χ2n) is 5.20. The highest BCUT2D eigenvalue weighted by molar-refractivity contribution is 9.10. The first-order valence-corrected chi connectivity index (χ1v) is 8.15. The van der Waals surface area contributed by atoms with Crippen LogP contribution in [0.5, 0.6) is 5.75 Å². The molecule has 2 N–H and O–H groups in total. The molecule has 3 rings (SSSR count). The van der Waals surface area contributed by atoms with Gasteiger partial charge in [-0.05, 0) is 46.6 Å². The lowest BCUT2D eigenvalue weighted by atomic mass is 10.2. The van der Waals surface area contributed by atoms with Gasteiger partial charge in [-0.15, -0.1) is 0 Å². The van der Waals surface area contributed by atoms with Crippen molar-refractivity contribution in [3.05, 3.63) is 58.5 Å². The minimum atomic E-state index is -0.291. The monoisotopic (exact) mass is 373 g/mol. The Morgan fingerprint density at radius 2 is 2.09 bits per heavy atom. The van der Waals surface area contributed by atoms with Crippen molar-refractivity contribution in [2.45, 2.75) is 19.8 Å². The number of anilines is 1. The van der Waals surface area contributed by atoms with Gasteiger partial charge in [-0.3, -0.25) is 9.20 Å². The van der Waals surface area contributed by atoms with E-state index in [4.69, 9.17) is 0 Å². The third kappa shape index (κ3) is 3.07. The highest BCUT2D eigenvalue weighted by Gasteiger charge is 2.19. The number of benzene rings is 1. The molecule has 0 unspecified atom stereocenters. The number of nitrogens with zero attached hydrogens (tertiary/aromatic N) is 2. The number of aryl methyl sites for hydroxylation is 1. The van der Waals surface area contributed by atoms with Crippen LogP contribution >= 0.6 is 15.9 Å². The first-order chi connectivity index (χ1) is 11.1. The standard InChI is InChI=1S/C17H16BrN3O2/c1-2-5-13-16(21-10-11(18)8-9-15(21)19-13)17(23)20-12-6-3-4-7-14(12)22/h3-4,6-10,22H,2,5H2,1H3,(H,20,23). The number of aromatic nitrogens is 2. The van der Waals surface area contributed by atoms with E-state index in [1.54, 1.807) is 22.6 Å². The third-order valence-electron chi connectivity index (χ3n) is 3.51. The summed E-state index contributed by atoms with van der Waals surface area (Å²) in [5, 5.41) is 12.6. The molecule has 0 saturated heterocycles. The molecule has 1 aromatic carbocycles. The van der Waals surface area contributed by atoms with Gasteiger partial charge in [-0.2, -0.15) is 0 Å². The predicted octanol–water partition coefficient (Wildman–Crippen LogP) is 4.01. The zero-order valence-corrected chi connectivity index (χ0v) is 14.2. The molecular formula is C17H16BrN3O2. The summed E-state index contributed by atoms with van der Waals surface area (Å²) in [4.78, 5) is 17.3. The SMILES string of the molecule is CCCc1nc2ccc(Br)cn2c1C(=O)Nc1ccccc1O. The largest absolute Gasteiger partial charge is 0.506 e. The number of halogens is 1. The van der Waals surface area contributed by atoms with Gasteiger partial charge < -0.3 is 10.4 Å². The van der Waals surface area contributed by atoms with Crippen LogP contribution in [0.3, 0.4) is 0 Å². The predicted molar refractivity (Wildman–Crippen MR) is 92.9 cm³/mol. The van der Waals surface area contributed by atoms with Crippen LogP contribution < -0.4 is 5.32 Å². The Morgan fingerprint density at radius 3 is 2.83 bits per heavy atom. The van der Waals surface area contributed by atoms with E-state index in [9.17, 15) is 9.90 Å². The number of nitrogens with one attached hydrogen (secondary N) is 1. The average Bonchev–Trinajstić information content (AvgIpc) is 2.87. The van der Waals surface area contributed by atoms with Gasteiger partial charge in [0.25, 0.3) is 5.91 Å². The van der Waals surface area contributed by atoms with E-state index >= 15 is 0 Å². The molecule has 1 amide bonds. The molecule has 0 radical (unpaired) electrons. The Morgan fingerprint density at radius 1 is 1.30 bits per heavy atom. The number of rotatable bonds is 4. The number of amides is 1. The van der Waals surface area contributed by atoms with Crippen molar-refractivity contribution in [3.8, 4) is 5.75 Å². The lowest BCUT2D eigenvalue weighted by Crippen LogP contribution is -2.16. The van der Waals surface area contributed by atoms with Crippen molar-refractivity contribution in [2.75, 3.05) is 5.32 Å². The second-order valence-corrected chi connectivity index (χ2v) is 6.12. The molecule has 118 valence electrons. The van der Waals surface area contributed by atoms with E-state index in [1.165, 1.54) is 6.07 Å². The molecule has 0 bridgehead atoms. The van der Waals surface area contributed by atoms with Crippen LogP contribution in [0.2, 0.25) is 0 Å². The Bertz CT molecular complexity index is 873. The molecule has 2 heterocycles. The Balaban J connectivity index is 2.06. The fourth-order valence-corrected chi connectivity index (χ4v) is 2.82. The van der Waals surface area contributed by atoms with E-state index in [0.29, 0.717) is 17.8 Å². The van der Waals surface area contributed by atoms with Crippen LogP contribution in [-0.2, 0) is 6.42 Å². The van der Waals surface area contributed by atoms with Crippen molar-refractivity contribution < 1.29 is 9.90 Å². The zero-order valence-electron chi connectivity index (χ0n) is 12.6. The van der Waals surface area contributed by atoms with Crippen molar-refractivity contribution in [1.82, 2.24) is 9.38 Å². The second kappa shape index (κ2) is 6.42. The molecule has 5 nitrogen and oxygen atoms in total. The maximum Gasteiger partial charge on any atom is 0.274 e. The van der Waals surface area contributed by atoms with Gasteiger partial charge in [-0.1, -0.05) is 25.5 Å². The summed E-state index contributed by atoms with van der Waals surface area (Å²) in [5.74, 6) is -0.256. The number of hydrogen-bond acceptors (Lipinski definition) is 3. The van der Waals surface area contributed by atoms with E-state index in [2.05, 4.69) is 26.2 Å². The van der Waals surface area contributed by atoms with Gasteiger partial charge >= 0.3 is 0 Å². The summed E-state index contributed by atoms with van der Waals surface area (Å²) in [6.07, 6.45) is 3.42. The van der Waals surface area contributed by atoms with Crippen LogP contribution in [0.4, 0.5) is 5.69 Å². The summed E-state index contributed by atoms with van der Waals surface area (Å²) in [7, 11) is 0. The smallest absolute Gasteiger partial charge is 0.274 e. The van der Waals surface area contributed by atoms with Crippen LogP contribution in [0.15, 0.2) is 47.1 Å². The number of phenols is 1. The molecule has 3 aromatic rings. The molecule has 0 spiro atoms. The van der Waals surface area contributed by atoms with E-state index in [-0.39, 0.29) is 11.7 Å². The molecule has 0 aliphatic carbocycles. The van der Waals surface area contributed by atoms with Crippen molar-refractivity contribution >= 4 is 33.2 Å². The highest BCUT2D eigenvalue weighted by Crippen LogP contribution is 2.24. The van der Waals surface area contributed by atoms with E-state index in [1.807, 2.05) is 25.3 Å². The van der Waals surface area contributed by atoms with Gasteiger partial charge in [0.15, 0.2) is 0 Å². The third-order valence-corrected chi connectivity index (χ3v) is 3.98. The number of hydrogen-bond donors (Lipinski definition) is 2. The summed E-state index contributed by atoms with van der Waals surface area (Å²) in [6, 6.07) is 10.4. The summed E-state index contributed by atoms with van der Waals surface area (Å²) in [5.41, 5.74) is 2.34. The van der Waals surface area contributed by atoms with Gasteiger partial charge in [0, 0.05) is 10.7 Å². The number of imidazole rings is 1. The molecular weight excluding hydrogens is 358 g/mol. The minimum Gasteiger partial charge on any atom is -0.506 e. The number of fused-ring (bicyclic) bond motifs is 1. The summed E-state index contributed by atoms with van der Waals surface area (Å²) in [6.45, 7) is 2.05. The molecule has 0 aliphatic rings. The number of carbonyl (C=O) groups excluding carboxylic acids is 1. The number of carbonyl (C=O) groups is 1. The molecule has 0 atom stereocenters. The van der Waals surface area contributed by atoms with Crippen molar-refractivity contribution in [1.29, 1.82) is 0 Å². The zero-order chi connectivity index (χ0) is 16.4. The van der Waals surface area contributed by atoms with Crippen molar-refractivity contribution in [2.24, 2.45) is 0 Å². The van der Waals surface area contributed by atoms with Gasteiger partial charge in [0.05, 0.1) is 11.4 Å². The highest BCUT2D eigenvalue weighted by atomic mass is 79.9. The minimum absolute atomic E-state index is 0.0351. The molecule has 23 heavy (non-hydrogen) atoms. The normalized spacial score (nSPS) is 10.9. The quantitative estimate of drug-likeness (QED) is 0.679. The van der Waals surface area contributed by atoms with Gasteiger partial charge in [0.2, 0.25) is 0 Å². The average molecular weight is 374 g/mol. The molecule has 2 aromatic heterocycles. The Hall–Kier alpha value is -2.34. The lowest BCUT2D eigenvalue weighted by molar-refractivity contribution is 0.102. The Labute approximate surface area is 142 Å². The number of phenolic OH excluding ortho intramolecular Hbond substituents is 1. The first kappa shape index (κ1) is 15.6. The molecule has 6 heteroatoms. The number of aromatic hydroxyl groups is 1. The van der Waals surface area contributed by atoms with Crippen LogP contribution in [0.1, 0.15) is 29.5 Å². The number of para-hydroxylation sites is 2. The van der Waals surface area contributed by atoms with Crippen LogP contribution in [-0.4, -0.2) is 20.4 Å². The summed E-state index contributed by atoms with van der Waals surface area (Å²) < 4.78 is 2.63. The number of pyridine rings is 1. The first-order valence-electron chi connectivity index (χ1n) is 7.36. The fourth-order valence-electron chi connectivity index (χ4n) is 2.48. The maximum atomic E-state index is 12.7. The molecule has 0 aliphatic heterocycles. The van der Waals surface area contributed by atoms with Crippen LogP contribution in [0.25, 0.3) is 5.65 Å². The lowest BCUT2D eigenvalue weighted by Gasteiger charge is -2.08. The van der Waals surface area contributed by atoms with Gasteiger partial charge in [-0.25, -0.2) is 4.98 Å². The van der Waals surface area contributed by atoms with Crippen LogP contribution in [0, 0.1) is 0 Å². The van der Waals surface area contributed by atoms with E-state index < -0.39 is 0 Å². The van der Waals surface area contributed by atoms with Crippen molar-refractivity contribution in [3.63, 3.8) is 0 Å². The summed E-state index contributed by atoms with van der Waals surface area (Å²) >= 11 is 3.42. The maximum absolute atomic E-state index is 12.7. The van der Waals surface area contributed by atoms with Gasteiger partial charge in [0.1, 0.15) is 17.1 Å². The fraction of sp³-hybridized carbons (Fsp3) is 0.176. The van der Waals surface area contributed by atoms with E-state index in [0.717, 1.165) is 22.2 Å². The molecule has 0 saturated carbocycles.